The number of hydrogen-bond acceptors (Lipinski definition) is 4. The van der Waals surface area contributed by atoms with Crippen LogP contribution in [-0.4, -0.2) is 26.4 Å². The number of thiocarbonyl (C=S) groups is 1. The maximum Gasteiger partial charge on any atom is 0.239 e. The Morgan fingerprint density at radius 2 is 2.33 bits per heavy atom. The molecule has 0 aliphatic heterocycles. The van der Waals surface area contributed by atoms with Crippen LogP contribution in [0.25, 0.3) is 0 Å². The third-order valence-electron chi connectivity index (χ3n) is 2.02. The first-order valence-corrected chi connectivity index (χ1v) is 5.60. The largest absolute Gasteiger partial charge is 0.366 e. The van der Waals surface area contributed by atoms with E-state index in [1.165, 1.54) is 30.3 Å². The smallest absolute Gasteiger partial charge is 0.239 e. The van der Waals surface area contributed by atoms with E-state index in [9.17, 15) is 0 Å². The minimum absolute atomic E-state index is 0.241. The van der Waals surface area contributed by atoms with E-state index < -0.39 is 0 Å². The fourth-order valence-electron chi connectivity index (χ4n) is 1.20. The summed E-state index contributed by atoms with van der Waals surface area (Å²) in [5, 5.41) is 7.56. The summed E-state index contributed by atoms with van der Waals surface area (Å²) in [6.45, 7) is 3.06. The summed E-state index contributed by atoms with van der Waals surface area (Å²) in [6.07, 6.45) is 6.37. The molecule has 3 N–H and O–H groups in total. The van der Waals surface area contributed by atoms with Crippen LogP contribution in [0.15, 0.2) is 6.33 Å². The first-order chi connectivity index (χ1) is 7.24. The van der Waals surface area contributed by atoms with E-state index in [4.69, 9.17) is 18.0 Å². The lowest BCUT2D eigenvalue weighted by Gasteiger charge is -2.06. The second-order valence-electron chi connectivity index (χ2n) is 3.34. The van der Waals surface area contributed by atoms with Crippen molar-refractivity contribution in [1.29, 1.82) is 0 Å². The Kier molecular flexibility index (Phi) is 5.03. The fourth-order valence-corrected chi connectivity index (χ4v) is 1.39. The fraction of sp³-hybridized carbons (Fsp3) is 0.667. The molecule has 0 atom stereocenters. The van der Waals surface area contributed by atoms with Crippen LogP contribution in [0, 0.1) is 0 Å². The highest BCUT2D eigenvalue weighted by Gasteiger charge is 2.01. The number of hydrogen-bond donors (Lipinski definition) is 2. The van der Waals surface area contributed by atoms with Gasteiger partial charge in [-0.1, -0.05) is 26.2 Å². The molecule has 0 unspecified atom stereocenters. The molecule has 6 heteroatoms. The van der Waals surface area contributed by atoms with Gasteiger partial charge < -0.3 is 11.1 Å². The van der Waals surface area contributed by atoms with Crippen LogP contribution in [0.3, 0.4) is 0 Å². The standard InChI is InChI=1S/C9H17N5S/c1-2-3-4-5-6-11-9(15)14-7-12-8(10)13-14/h7H,2-6H2,1H3,(H2,10,13)(H,11,15). The van der Waals surface area contributed by atoms with E-state index in [1.54, 1.807) is 0 Å². The topological polar surface area (TPSA) is 68.8 Å². The number of aromatic nitrogens is 3. The van der Waals surface area contributed by atoms with Crippen LogP contribution in [0.2, 0.25) is 0 Å². The van der Waals surface area contributed by atoms with Gasteiger partial charge in [-0.25, -0.2) is 4.98 Å². The van der Waals surface area contributed by atoms with Crippen molar-refractivity contribution in [2.24, 2.45) is 0 Å². The van der Waals surface area contributed by atoms with Gasteiger partial charge in [-0.3, -0.25) is 0 Å². The molecular weight excluding hydrogens is 210 g/mol. The van der Waals surface area contributed by atoms with Gasteiger partial charge in [0.2, 0.25) is 5.95 Å². The molecule has 1 heterocycles. The van der Waals surface area contributed by atoms with E-state index in [2.05, 4.69) is 22.3 Å². The van der Waals surface area contributed by atoms with Crippen molar-refractivity contribution in [3.8, 4) is 0 Å². The molecule has 5 nitrogen and oxygen atoms in total. The van der Waals surface area contributed by atoms with Crippen LogP contribution in [0.5, 0.6) is 0 Å². The zero-order valence-electron chi connectivity index (χ0n) is 8.94. The first-order valence-electron chi connectivity index (χ1n) is 5.19. The Hall–Kier alpha value is -1.17. The van der Waals surface area contributed by atoms with Gasteiger partial charge in [0, 0.05) is 6.54 Å². The lowest BCUT2D eigenvalue weighted by atomic mass is 10.2. The molecule has 1 aromatic heterocycles. The molecule has 0 fully saturated rings. The van der Waals surface area contributed by atoms with Gasteiger partial charge in [0.25, 0.3) is 0 Å². The zero-order chi connectivity index (χ0) is 11.1. The molecule has 0 aliphatic rings. The van der Waals surface area contributed by atoms with Gasteiger partial charge in [-0.05, 0) is 18.6 Å². The predicted molar refractivity (Wildman–Crippen MR) is 64.6 cm³/mol. The van der Waals surface area contributed by atoms with Gasteiger partial charge >= 0.3 is 0 Å². The van der Waals surface area contributed by atoms with Crippen molar-refractivity contribution in [2.45, 2.75) is 32.6 Å². The van der Waals surface area contributed by atoms with E-state index in [0.717, 1.165) is 13.0 Å². The normalized spacial score (nSPS) is 10.2. The Morgan fingerprint density at radius 3 is 2.93 bits per heavy atom. The van der Waals surface area contributed by atoms with Crippen molar-refractivity contribution >= 4 is 23.3 Å². The minimum Gasteiger partial charge on any atom is -0.366 e. The van der Waals surface area contributed by atoms with E-state index >= 15 is 0 Å². The number of nitrogens with zero attached hydrogens (tertiary/aromatic N) is 3. The van der Waals surface area contributed by atoms with Crippen molar-refractivity contribution in [2.75, 3.05) is 12.3 Å². The lowest BCUT2D eigenvalue weighted by Crippen LogP contribution is -2.29. The minimum atomic E-state index is 0.241. The molecular formula is C9H17N5S. The first kappa shape index (κ1) is 11.9. The average Bonchev–Trinajstić information content (AvgIpc) is 2.64. The molecule has 0 aliphatic carbocycles. The van der Waals surface area contributed by atoms with Crippen LogP contribution in [0.4, 0.5) is 5.95 Å². The summed E-state index contributed by atoms with van der Waals surface area (Å²) >= 11 is 5.11. The molecule has 1 aromatic rings. The monoisotopic (exact) mass is 227 g/mol. The summed E-state index contributed by atoms with van der Waals surface area (Å²) < 4.78 is 1.48. The molecule has 0 saturated carbocycles. The second kappa shape index (κ2) is 6.34. The molecule has 15 heavy (non-hydrogen) atoms. The summed E-state index contributed by atoms with van der Waals surface area (Å²) in [7, 11) is 0. The number of nitrogens with one attached hydrogen (secondary N) is 1. The Balaban J connectivity index is 2.19. The molecule has 84 valence electrons. The summed E-state index contributed by atoms with van der Waals surface area (Å²) in [6, 6.07) is 0. The van der Waals surface area contributed by atoms with Gasteiger partial charge in [-0.2, -0.15) is 4.68 Å². The van der Waals surface area contributed by atoms with Crippen LogP contribution in [-0.2, 0) is 0 Å². The number of unbranched alkanes of at least 4 members (excludes halogenated alkanes) is 3. The highest BCUT2D eigenvalue weighted by Crippen LogP contribution is 1.97. The van der Waals surface area contributed by atoms with E-state index in [-0.39, 0.29) is 5.95 Å². The Morgan fingerprint density at radius 1 is 1.53 bits per heavy atom. The maximum atomic E-state index is 5.38. The van der Waals surface area contributed by atoms with Crippen LogP contribution in [0.1, 0.15) is 32.6 Å². The SMILES string of the molecule is CCCCCCNC(=S)n1cnc(N)n1. The highest BCUT2D eigenvalue weighted by molar-refractivity contribution is 7.80. The molecule has 0 amide bonds. The van der Waals surface area contributed by atoms with Gasteiger partial charge in [0.15, 0.2) is 5.11 Å². The molecule has 0 aromatic carbocycles. The third-order valence-corrected chi connectivity index (χ3v) is 2.36. The Labute approximate surface area is 95.1 Å². The zero-order valence-corrected chi connectivity index (χ0v) is 9.76. The molecule has 1 rings (SSSR count). The van der Waals surface area contributed by atoms with Crippen molar-refractivity contribution < 1.29 is 0 Å². The number of anilines is 1. The summed E-state index contributed by atoms with van der Waals surface area (Å²) in [4.78, 5) is 3.80. The van der Waals surface area contributed by atoms with Crippen molar-refractivity contribution in [3.05, 3.63) is 6.33 Å². The predicted octanol–water partition coefficient (Wildman–Crippen LogP) is 1.16. The number of nitrogens with two attached hydrogens (primary N) is 1. The second-order valence-corrected chi connectivity index (χ2v) is 3.73. The lowest BCUT2D eigenvalue weighted by molar-refractivity contribution is 0.650. The molecule has 0 radical (unpaired) electrons. The van der Waals surface area contributed by atoms with Gasteiger partial charge in [0.1, 0.15) is 6.33 Å². The Bertz CT molecular complexity index is 309. The van der Waals surface area contributed by atoms with Crippen molar-refractivity contribution in [3.63, 3.8) is 0 Å². The van der Waals surface area contributed by atoms with Gasteiger partial charge in [0.05, 0.1) is 0 Å². The van der Waals surface area contributed by atoms with E-state index in [0.29, 0.717) is 5.11 Å². The third kappa shape index (κ3) is 4.24. The average molecular weight is 227 g/mol. The highest BCUT2D eigenvalue weighted by atomic mass is 32.1. The molecule has 0 saturated heterocycles. The van der Waals surface area contributed by atoms with Crippen LogP contribution < -0.4 is 11.1 Å². The quantitative estimate of drug-likeness (QED) is 0.583. The number of nitrogen functional groups attached to an aromatic ring is 1. The maximum absolute atomic E-state index is 5.38. The van der Waals surface area contributed by atoms with Crippen molar-refractivity contribution in [1.82, 2.24) is 20.1 Å². The molecule has 0 bridgehead atoms. The number of rotatable bonds is 5. The summed E-state index contributed by atoms with van der Waals surface area (Å²) in [5.74, 6) is 0.241. The molecule has 0 spiro atoms. The summed E-state index contributed by atoms with van der Waals surface area (Å²) in [5.41, 5.74) is 5.38. The van der Waals surface area contributed by atoms with Crippen LogP contribution >= 0.6 is 12.2 Å². The van der Waals surface area contributed by atoms with E-state index in [1.807, 2.05) is 0 Å². The van der Waals surface area contributed by atoms with Gasteiger partial charge in [-0.15, -0.1) is 5.10 Å².